The van der Waals surface area contributed by atoms with Crippen molar-refractivity contribution in [2.24, 2.45) is 0 Å². The van der Waals surface area contributed by atoms with Crippen molar-refractivity contribution < 1.29 is 22.6 Å². The summed E-state index contributed by atoms with van der Waals surface area (Å²) in [6.07, 6.45) is -4.75. The number of benzene rings is 2. The largest absolute Gasteiger partial charge is 0.573 e. The molecule has 1 N–H and O–H groups in total. The van der Waals surface area contributed by atoms with E-state index in [9.17, 15) is 13.2 Å². The minimum atomic E-state index is -4.75. The predicted molar refractivity (Wildman–Crippen MR) is 98.4 cm³/mol. The van der Waals surface area contributed by atoms with Gasteiger partial charge in [-0.05, 0) is 71.9 Å². The van der Waals surface area contributed by atoms with Gasteiger partial charge in [0, 0.05) is 10.6 Å². The van der Waals surface area contributed by atoms with E-state index in [1.54, 1.807) is 19.2 Å². The number of ether oxygens (including phenoxy) is 2. The van der Waals surface area contributed by atoms with Crippen LogP contribution in [0.4, 0.5) is 24.8 Å². The van der Waals surface area contributed by atoms with E-state index in [2.05, 4.69) is 25.0 Å². The predicted octanol–water partition coefficient (Wildman–Crippen LogP) is 5.33. The third-order valence-corrected chi connectivity index (χ3v) is 4.24. The number of aromatic nitrogens is 3. The van der Waals surface area contributed by atoms with Crippen molar-refractivity contribution in [2.45, 2.75) is 16.4 Å². The summed E-state index contributed by atoms with van der Waals surface area (Å²) in [4.78, 5) is 13.1. The van der Waals surface area contributed by atoms with Gasteiger partial charge in [-0.15, -0.1) is 13.2 Å². The van der Waals surface area contributed by atoms with Crippen molar-refractivity contribution in [3.63, 3.8) is 0 Å². The van der Waals surface area contributed by atoms with Crippen LogP contribution in [0.2, 0.25) is 5.28 Å². The summed E-state index contributed by atoms with van der Waals surface area (Å²) in [7, 11) is 1.58. The first-order valence-electron chi connectivity index (χ1n) is 7.67. The standard InChI is InChI=1S/C17H12ClF3N4O2S/c1-26-11-6-8-13(9-7-11)28-16-24-14(18)23-15(25-16)22-10-2-4-12(5-3-10)27-17(19,20)21/h2-9H,1H3,(H,22,23,24,25). The first-order valence-corrected chi connectivity index (χ1v) is 8.86. The third kappa shape index (κ3) is 5.89. The topological polar surface area (TPSA) is 69.2 Å². The highest BCUT2D eigenvalue weighted by molar-refractivity contribution is 7.99. The molecule has 0 aliphatic rings. The Bertz CT molecular complexity index is 941. The second-order valence-corrected chi connectivity index (χ2v) is 6.56. The molecule has 6 nitrogen and oxygen atoms in total. The molecular formula is C17H12ClF3N4O2S. The molecule has 0 fully saturated rings. The van der Waals surface area contributed by atoms with Crippen molar-refractivity contribution in [1.29, 1.82) is 0 Å². The minimum absolute atomic E-state index is 0.0227. The lowest BCUT2D eigenvalue weighted by molar-refractivity contribution is -0.274. The average Bonchev–Trinajstić information content (AvgIpc) is 2.62. The summed E-state index contributed by atoms with van der Waals surface area (Å²) in [6, 6.07) is 12.4. The molecule has 0 aliphatic heterocycles. The second kappa shape index (κ2) is 8.53. The number of anilines is 2. The Kier molecular flexibility index (Phi) is 6.10. The maximum Gasteiger partial charge on any atom is 0.573 e. The molecule has 28 heavy (non-hydrogen) atoms. The number of nitrogens with zero attached hydrogens (tertiary/aromatic N) is 3. The Morgan fingerprint density at radius 3 is 2.18 bits per heavy atom. The zero-order valence-electron chi connectivity index (χ0n) is 14.2. The smallest absolute Gasteiger partial charge is 0.497 e. The van der Waals surface area contributed by atoms with Gasteiger partial charge in [0.25, 0.3) is 0 Å². The van der Waals surface area contributed by atoms with Crippen molar-refractivity contribution in [3.05, 3.63) is 53.8 Å². The van der Waals surface area contributed by atoms with Gasteiger partial charge in [0.15, 0.2) is 5.16 Å². The molecule has 0 spiro atoms. The van der Waals surface area contributed by atoms with Gasteiger partial charge in [0.1, 0.15) is 11.5 Å². The fourth-order valence-corrected chi connectivity index (χ4v) is 3.01. The van der Waals surface area contributed by atoms with E-state index < -0.39 is 6.36 Å². The fraction of sp³-hybridized carbons (Fsp3) is 0.118. The van der Waals surface area contributed by atoms with Crippen molar-refractivity contribution >= 4 is 35.0 Å². The van der Waals surface area contributed by atoms with Gasteiger partial charge in [0.05, 0.1) is 7.11 Å². The monoisotopic (exact) mass is 428 g/mol. The summed E-state index contributed by atoms with van der Waals surface area (Å²) in [5, 5.41) is 3.19. The number of halogens is 4. The summed E-state index contributed by atoms with van der Waals surface area (Å²) in [5.74, 6) is 0.543. The number of nitrogens with one attached hydrogen (secondary N) is 1. The van der Waals surface area contributed by atoms with E-state index in [1.807, 2.05) is 12.1 Å². The van der Waals surface area contributed by atoms with Crippen molar-refractivity contribution in [3.8, 4) is 11.5 Å². The quantitative estimate of drug-likeness (QED) is 0.569. The van der Waals surface area contributed by atoms with Crippen LogP contribution in [0.25, 0.3) is 0 Å². The van der Waals surface area contributed by atoms with E-state index >= 15 is 0 Å². The van der Waals surface area contributed by atoms with Crippen LogP contribution in [0.3, 0.4) is 0 Å². The molecule has 3 rings (SSSR count). The Hall–Kier alpha value is -2.72. The van der Waals surface area contributed by atoms with Crippen LogP contribution < -0.4 is 14.8 Å². The van der Waals surface area contributed by atoms with E-state index in [1.165, 1.54) is 36.0 Å². The zero-order chi connectivity index (χ0) is 20.1. The Labute approximate surface area is 167 Å². The van der Waals surface area contributed by atoms with Crippen LogP contribution in [0, 0.1) is 0 Å². The molecule has 0 radical (unpaired) electrons. The Morgan fingerprint density at radius 1 is 0.929 bits per heavy atom. The average molecular weight is 429 g/mol. The van der Waals surface area contributed by atoms with E-state index in [0.29, 0.717) is 10.8 Å². The summed E-state index contributed by atoms with van der Waals surface area (Å²) < 4.78 is 45.6. The Balaban J connectivity index is 1.72. The molecule has 1 aromatic heterocycles. The van der Waals surface area contributed by atoms with Gasteiger partial charge in [-0.2, -0.15) is 15.0 Å². The van der Waals surface area contributed by atoms with Crippen LogP contribution in [0.15, 0.2) is 58.6 Å². The highest BCUT2D eigenvalue weighted by atomic mass is 35.5. The molecule has 0 atom stereocenters. The van der Waals surface area contributed by atoms with E-state index in [4.69, 9.17) is 16.3 Å². The van der Waals surface area contributed by atoms with Crippen LogP contribution in [-0.2, 0) is 0 Å². The lowest BCUT2D eigenvalue weighted by atomic mass is 10.3. The molecule has 0 bridgehead atoms. The zero-order valence-corrected chi connectivity index (χ0v) is 15.8. The van der Waals surface area contributed by atoms with Gasteiger partial charge in [0.2, 0.25) is 11.2 Å². The van der Waals surface area contributed by atoms with Crippen molar-refractivity contribution in [1.82, 2.24) is 15.0 Å². The first kappa shape index (κ1) is 20.0. The van der Waals surface area contributed by atoms with Gasteiger partial charge in [-0.1, -0.05) is 0 Å². The molecule has 3 aromatic rings. The minimum Gasteiger partial charge on any atom is -0.497 e. The molecule has 0 unspecified atom stereocenters. The fourth-order valence-electron chi connectivity index (χ4n) is 2.05. The maximum absolute atomic E-state index is 12.2. The SMILES string of the molecule is COc1ccc(Sc2nc(Cl)nc(Nc3ccc(OC(F)(F)F)cc3)n2)cc1. The van der Waals surface area contributed by atoms with Gasteiger partial charge in [-0.3, -0.25) is 0 Å². The summed E-state index contributed by atoms with van der Waals surface area (Å²) in [5.41, 5.74) is 0.456. The first-order chi connectivity index (χ1) is 13.3. The molecule has 0 aliphatic carbocycles. The van der Waals surface area contributed by atoms with E-state index in [-0.39, 0.29) is 17.0 Å². The number of methoxy groups -OCH3 is 1. The molecule has 0 amide bonds. The lowest BCUT2D eigenvalue weighted by Gasteiger charge is -2.10. The molecule has 11 heteroatoms. The molecular weight excluding hydrogens is 417 g/mol. The maximum atomic E-state index is 12.2. The van der Waals surface area contributed by atoms with Crippen LogP contribution in [0.1, 0.15) is 0 Å². The molecule has 146 valence electrons. The lowest BCUT2D eigenvalue weighted by Crippen LogP contribution is -2.17. The molecule has 0 saturated heterocycles. The van der Waals surface area contributed by atoms with Gasteiger partial charge < -0.3 is 14.8 Å². The van der Waals surface area contributed by atoms with Gasteiger partial charge in [-0.25, -0.2) is 0 Å². The second-order valence-electron chi connectivity index (χ2n) is 5.19. The molecule has 0 saturated carbocycles. The van der Waals surface area contributed by atoms with Gasteiger partial charge >= 0.3 is 6.36 Å². The summed E-state index contributed by atoms with van der Waals surface area (Å²) >= 11 is 7.21. The van der Waals surface area contributed by atoms with E-state index in [0.717, 1.165) is 10.6 Å². The number of rotatable bonds is 6. The normalized spacial score (nSPS) is 11.2. The third-order valence-electron chi connectivity index (χ3n) is 3.20. The molecule has 1 heterocycles. The van der Waals surface area contributed by atoms with Crippen LogP contribution in [-0.4, -0.2) is 28.4 Å². The van der Waals surface area contributed by atoms with Crippen LogP contribution >= 0.6 is 23.4 Å². The number of hydrogen-bond acceptors (Lipinski definition) is 7. The number of alkyl halides is 3. The highest BCUT2D eigenvalue weighted by Crippen LogP contribution is 2.29. The molecule has 2 aromatic carbocycles. The Morgan fingerprint density at radius 2 is 1.57 bits per heavy atom. The van der Waals surface area contributed by atoms with Crippen LogP contribution in [0.5, 0.6) is 11.5 Å². The van der Waals surface area contributed by atoms with Crippen molar-refractivity contribution in [2.75, 3.05) is 12.4 Å². The number of hydrogen-bond donors (Lipinski definition) is 1. The highest BCUT2D eigenvalue weighted by Gasteiger charge is 2.30. The summed E-state index contributed by atoms with van der Waals surface area (Å²) in [6.45, 7) is 0.